The second-order valence-corrected chi connectivity index (χ2v) is 8.37. The molecule has 28 heavy (non-hydrogen) atoms. The first kappa shape index (κ1) is 18.5. The number of nitrogens with zero attached hydrogens (tertiary/aromatic N) is 7. The molecule has 0 atom stereocenters. The van der Waals surface area contributed by atoms with Gasteiger partial charge in [-0.1, -0.05) is 0 Å². The van der Waals surface area contributed by atoms with Crippen LogP contribution >= 0.6 is 0 Å². The van der Waals surface area contributed by atoms with Crippen LogP contribution in [0.4, 0.5) is 0 Å². The van der Waals surface area contributed by atoms with E-state index in [9.17, 15) is 13.2 Å². The molecular formula is C16H20N8O3S. The van der Waals surface area contributed by atoms with Gasteiger partial charge in [-0.15, -0.1) is 5.10 Å². The number of aryl methyl sites for hydroxylation is 1. The van der Waals surface area contributed by atoms with Crippen LogP contribution in [0.1, 0.15) is 31.7 Å². The van der Waals surface area contributed by atoms with Gasteiger partial charge in [0.1, 0.15) is 12.7 Å². The lowest BCUT2D eigenvalue weighted by molar-refractivity contribution is 0.284. The van der Waals surface area contributed by atoms with Gasteiger partial charge in [-0.25, -0.2) is 32.5 Å². The first-order valence-corrected chi connectivity index (χ1v) is 10.4. The average Bonchev–Trinajstić information content (AvgIpc) is 3.35. The van der Waals surface area contributed by atoms with E-state index in [1.54, 1.807) is 19.3 Å². The van der Waals surface area contributed by atoms with Crippen molar-refractivity contribution in [3.63, 3.8) is 0 Å². The summed E-state index contributed by atoms with van der Waals surface area (Å²) < 4.78 is 32.1. The van der Waals surface area contributed by atoms with Gasteiger partial charge in [0.25, 0.3) is 15.6 Å². The largest absolute Gasteiger partial charge is 0.324 e. The topological polar surface area (TPSA) is 130 Å². The Hall–Kier alpha value is -2.86. The number of imidazole rings is 1. The lowest BCUT2D eigenvalue weighted by atomic mass is 9.92. The summed E-state index contributed by atoms with van der Waals surface area (Å²) in [6.45, 7) is 0. The molecule has 0 saturated heterocycles. The van der Waals surface area contributed by atoms with E-state index in [4.69, 9.17) is 0 Å². The number of hydrogen-bond donors (Lipinski definition) is 1. The van der Waals surface area contributed by atoms with Crippen LogP contribution in [-0.2, 0) is 17.1 Å². The minimum atomic E-state index is -3.67. The molecule has 4 rings (SSSR count). The lowest BCUT2D eigenvalue weighted by Gasteiger charge is -2.29. The van der Waals surface area contributed by atoms with E-state index in [2.05, 4.69) is 24.9 Å². The fourth-order valence-electron chi connectivity index (χ4n) is 3.45. The summed E-state index contributed by atoms with van der Waals surface area (Å²) in [6, 6.07) is 2.76. The molecule has 0 spiro atoms. The van der Waals surface area contributed by atoms with E-state index in [1.165, 1.54) is 38.8 Å². The smallest absolute Gasteiger partial charge is 0.274 e. The fourth-order valence-corrected chi connectivity index (χ4v) is 4.87. The molecule has 1 fully saturated rings. The third-order valence-corrected chi connectivity index (χ3v) is 6.36. The van der Waals surface area contributed by atoms with E-state index in [1.807, 2.05) is 0 Å². The van der Waals surface area contributed by atoms with Gasteiger partial charge >= 0.3 is 0 Å². The number of hydrogen-bond acceptors (Lipinski definition) is 7. The summed E-state index contributed by atoms with van der Waals surface area (Å²) in [4.78, 5) is 20.1. The normalized spacial score (nSPS) is 20.3. The van der Waals surface area contributed by atoms with Crippen molar-refractivity contribution in [3.8, 4) is 5.82 Å². The van der Waals surface area contributed by atoms with Crippen molar-refractivity contribution < 1.29 is 8.42 Å². The van der Waals surface area contributed by atoms with Crippen LogP contribution in [0.5, 0.6) is 0 Å². The van der Waals surface area contributed by atoms with Crippen molar-refractivity contribution in [3.05, 3.63) is 47.5 Å². The zero-order chi connectivity index (χ0) is 19.7. The van der Waals surface area contributed by atoms with Crippen molar-refractivity contribution in [2.24, 2.45) is 7.05 Å². The van der Waals surface area contributed by atoms with Crippen molar-refractivity contribution in [1.29, 1.82) is 0 Å². The van der Waals surface area contributed by atoms with Crippen LogP contribution in [0.25, 0.3) is 5.82 Å². The summed E-state index contributed by atoms with van der Waals surface area (Å²) in [6.07, 6.45) is 8.45. The molecule has 3 aromatic heterocycles. The summed E-state index contributed by atoms with van der Waals surface area (Å²) in [5.41, 5.74) is -0.194. The van der Waals surface area contributed by atoms with E-state index in [0.29, 0.717) is 31.5 Å². The summed E-state index contributed by atoms with van der Waals surface area (Å²) in [5.74, 6) is 0.509. The molecule has 11 nitrogen and oxygen atoms in total. The van der Waals surface area contributed by atoms with Gasteiger partial charge in [0.2, 0.25) is 5.16 Å². The lowest BCUT2D eigenvalue weighted by Crippen LogP contribution is -2.40. The van der Waals surface area contributed by atoms with E-state index >= 15 is 0 Å². The highest BCUT2D eigenvalue weighted by molar-refractivity contribution is 7.89. The SMILES string of the molecule is Cn1ccnc1S(=O)(=O)NC1CCC(n2nc(-n3cncn3)ccc2=O)CC1. The van der Waals surface area contributed by atoms with Gasteiger partial charge in [-0.2, -0.15) is 5.10 Å². The molecular weight excluding hydrogens is 384 g/mol. The molecule has 0 aliphatic heterocycles. The Morgan fingerprint density at radius 3 is 2.61 bits per heavy atom. The summed E-state index contributed by atoms with van der Waals surface area (Å²) >= 11 is 0. The van der Waals surface area contributed by atoms with Gasteiger partial charge in [0, 0.05) is 31.5 Å². The molecule has 0 amide bonds. The van der Waals surface area contributed by atoms with Gasteiger partial charge < -0.3 is 4.57 Å². The highest BCUT2D eigenvalue weighted by Crippen LogP contribution is 2.28. The van der Waals surface area contributed by atoms with Gasteiger partial charge in [-0.3, -0.25) is 4.79 Å². The molecule has 3 heterocycles. The fraction of sp³-hybridized carbons (Fsp3) is 0.438. The molecule has 12 heteroatoms. The molecule has 0 radical (unpaired) electrons. The van der Waals surface area contributed by atoms with Crippen molar-refractivity contribution >= 4 is 10.0 Å². The maximum Gasteiger partial charge on any atom is 0.274 e. The predicted octanol–water partition coefficient (Wildman–Crippen LogP) is 0.0197. The first-order valence-electron chi connectivity index (χ1n) is 8.88. The van der Waals surface area contributed by atoms with Crippen LogP contribution in [0.3, 0.4) is 0 Å². The van der Waals surface area contributed by atoms with Gasteiger partial charge in [0.15, 0.2) is 5.82 Å². The average molecular weight is 404 g/mol. The molecule has 1 saturated carbocycles. The Morgan fingerprint density at radius 1 is 1.18 bits per heavy atom. The van der Waals surface area contributed by atoms with Crippen molar-refractivity contribution in [2.45, 2.75) is 42.9 Å². The molecule has 0 unspecified atom stereocenters. The third-order valence-electron chi connectivity index (χ3n) is 4.85. The molecule has 1 aliphatic carbocycles. The Kier molecular flexibility index (Phi) is 4.81. The van der Waals surface area contributed by atoms with Gasteiger partial charge in [-0.05, 0) is 31.7 Å². The molecule has 1 N–H and O–H groups in total. The Bertz CT molecular complexity index is 1110. The standard InChI is InChI=1S/C16H20N8O3S/c1-22-9-8-18-16(22)28(26,27)21-12-2-4-13(5-3-12)24-15(25)7-6-14(20-24)23-11-17-10-19-23/h6-13,21H,2-5H2,1H3. The number of rotatable bonds is 5. The maximum absolute atomic E-state index is 12.5. The van der Waals surface area contributed by atoms with Gasteiger partial charge in [0.05, 0.1) is 6.04 Å². The second-order valence-electron chi connectivity index (χ2n) is 6.76. The van der Waals surface area contributed by atoms with Crippen molar-refractivity contribution in [1.82, 2.24) is 38.8 Å². The third kappa shape index (κ3) is 3.60. The van der Waals surface area contributed by atoms with E-state index in [0.717, 1.165) is 0 Å². The Morgan fingerprint density at radius 2 is 1.96 bits per heavy atom. The van der Waals surface area contributed by atoms with Crippen LogP contribution in [0.15, 0.2) is 47.1 Å². The highest BCUT2D eigenvalue weighted by Gasteiger charge is 2.29. The first-order chi connectivity index (χ1) is 13.4. The molecule has 0 aromatic carbocycles. The van der Waals surface area contributed by atoms with Crippen molar-refractivity contribution in [2.75, 3.05) is 0 Å². The molecule has 0 bridgehead atoms. The molecule has 148 valence electrons. The van der Waals surface area contributed by atoms with E-state index < -0.39 is 10.0 Å². The second kappa shape index (κ2) is 7.28. The monoisotopic (exact) mass is 404 g/mol. The molecule has 3 aromatic rings. The highest BCUT2D eigenvalue weighted by atomic mass is 32.2. The van der Waals surface area contributed by atoms with Crippen LogP contribution in [0, 0.1) is 0 Å². The number of aromatic nitrogens is 7. The summed E-state index contributed by atoms with van der Waals surface area (Å²) in [7, 11) is -2.04. The zero-order valence-corrected chi connectivity index (χ0v) is 16.0. The number of nitrogens with one attached hydrogen (secondary N) is 1. The summed E-state index contributed by atoms with van der Waals surface area (Å²) in [5, 5.41) is 8.43. The van der Waals surface area contributed by atoms with Crippen LogP contribution in [-0.4, -0.2) is 48.6 Å². The van der Waals surface area contributed by atoms with Crippen LogP contribution in [0.2, 0.25) is 0 Å². The van der Waals surface area contributed by atoms with E-state index in [-0.39, 0.29) is 22.8 Å². The zero-order valence-electron chi connectivity index (χ0n) is 15.2. The van der Waals surface area contributed by atoms with Crippen LogP contribution < -0.4 is 10.3 Å². The molecule has 1 aliphatic rings. The quantitative estimate of drug-likeness (QED) is 0.634. The Labute approximate surface area is 161 Å². The predicted molar refractivity (Wildman–Crippen MR) is 98.2 cm³/mol. The Balaban J connectivity index is 1.45. The minimum Gasteiger partial charge on any atom is -0.324 e. The minimum absolute atomic E-state index is 0.00644. The maximum atomic E-state index is 12.5. The number of sulfonamides is 1.